The summed E-state index contributed by atoms with van der Waals surface area (Å²) in [6.45, 7) is 4.02. The second-order valence-corrected chi connectivity index (χ2v) is 7.26. The number of anilines is 1. The molecule has 0 unspecified atom stereocenters. The lowest BCUT2D eigenvalue weighted by Crippen LogP contribution is -2.15. The van der Waals surface area contributed by atoms with E-state index in [1.165, 1.54) is 23.4 Å². The van der Waals surface area contributed by atoms with Crippen LogP contribution in [0.25, 0.3) is 11.3 Å². The van der Waals surface area contributed by atoms with E-state index in [0.717, 1.165) is 22.6 Å². The molecule has 0 bridgehead atoms. The standard InChI is InChI=1S/C21H21N3O3S/c1-13-4-7-16(10-14(13)2)22-20(26)12-28-21-23-18(11-19(25)24-21)15-5-8-17(27-3)9-6-15/h4-11H,12H2,1-3H3,(H,22,26)(H,23,24,25). The number of H-pyrrole nitrogens is 1. The van der Waals surface area contributed by atoms with Gasteiger partial charge in [0.1, 0.15) is 5.75 Å². The van der Waals surface area contributed by atoms with E-state index >= 15 is 0 Å². The van der Waals surface area contributed by atoms with Crippen molar-refractivity contribution in [2.24, 2.45) is 0 Å². The van der Waals surface area contributed by atoms with Crippen molar-refractivity contribution >= 4 is 23.4 Å². The lowest BCUT2D eigenvalue weighted by atomic mass is 10.1. The fourth-order valence-corrected chi connectivity index (χ4v) is 3.24. The van der Waals surface area contributed by atoms with Crippen LogP contribution in [0.15, 0.2) is 58.5 Å². The molecule has 2 aromatic carbocycles. The Balaban J connectivity index is 1.68. The highest BCUT2D eigenvalue weighted by Gasteiger charge is 2.09. The van der Waals surface area contributed by atoms with Crippen LogP contribution >= 0.6 is 11.8 Å². The van der Waals surface area contributed by atoms with Crippen LogP contribution in [0.2, 0.25) is 0 Å². The smallest absolute Gasteiger partial charge is 0.252 e. The van der Waals surface area contributed by atoms with Gasteiger partial charge in [-0.2, -0.15) is 0 Å². The van der Waals surface area contributed by atoms with Gasteiger partial charge in [0.2, 0.25) is 5.91 Å². The highest BCUT2D eigenvalue weighted by molar-refractivity contribution is 7.99. The van der Waals surface area contributed by atoms with Gasteiger partial charge in [0.25, 0.3) is 5.56 Å². The Hall–Kier alpha value is -3.06. The minimum atomic E-state index is -0.266. The molecule has 0 aliphatic rings. The quantitative estimate of drug-likeness (QED) is 0.490. The number of carbonyl (C=O) groups is 1. The van der Waals surface area contributed by atoms with Crippen LogP contribution < -0.4 is 15.6 Å². The second kappa shape index (κ2) is 8.75. The number of hydrogen-bond acceptors (Lipinski definition) is 5. The fourth-order valence-electron chi connectivity index (χ4n) is 2.56. The molecule has 1 aromatic heterocycles. The average Bonchev–Trinajstić information content (AvgIpc) is 2.69. The maximum Gasteiger partial charge on any atom is 0.252 e. The van der Waals surface area contributed by atoms with E-state index in [1.54, 1.807) is 7.11 Å². The molecule has 2 N–H and O–H groups in total. The third kappa shape index (κ3) is 5.01. The highest BCUT2D eigenvalue weighted by atomic mass is 32.2. The molecule has 1 heterocycles. The molecule has 144 valence electrons. The van der Waals surface area contributed by atoms with Crippen LogP contribution in [-0.2, 0) is 4.79 Å². The molecule has 6 nitrogen and oxygen atoms in total. The Kier molecular flexibility index (Phi) is 6.16. The Labute approximate surface area is 167 Å². The first-order chi connectivity index (χ1) is 13.4. The van der Waals surface area contributed by atoms with Crippen molar-refractivity contribution in [2.45, 2.75) is 19.0 Å². The van der Waals surface area contributed by atoms with E-state index in [4.69, 9.17) is 4.74 Å². The summed E-state index contributed by atoms with van der Waals surface area (Å²) < 4.78 is 5.14. The fraction of sp³-hybridized carbons (Fsp3) is 0.190. The summed E-state index contributed by atoms with van der Waals surface area (Å²) in [4.78, 5) is 31.3. The molecule has 7 heteroatoms. The molecule has 0 saturated carbocycles. The van der Waals surface area contributed by atoms with Crippen molar-refractivity contribution in [1.82, 2.24) is 9.97 Å². The van der Waals surface area contributed by atoms with Crippen molar-refractivity contribution in [3.05, 3.63) is 70.0 Å². The minimum absolute atomic E-state index is 0.141. The summed E-state index contributed by atoms with van der Waals surface area (Å²) in [6, 6.07) is 14.5. The van der Waals surface area contributed by atoms with Crippen LogP contribution in [0.3, 0.4) is 0 Å². The lowest BCUT2D eigenvalue weighted by Gasteiger charge is -2.08. The highest BCUT2D eigenvalue weighted by Crippen LogP contribution is 2.22. The van der Waals surface area contributed by atoms with Gasteiger partial charge in [-0.05, 0) is 61.4 Å². The number of ether oxygens (including phenoxy) is 1. The molecule has 0 spiro atoms. The molecule has 28 heavy (non-hydrogen) atoms. The maximum atomic E-state index is 12.2. The maximum absolute atomic E-state index is 12.2. The van der Waals surface area contributed by atoms with Gasteiger partial charge in [0.05, 0.1) is 18.6 Å². The number of nitrogens with zero attached hydrogens (tertiary/aromatic N) is 1. The normalized spacial score (nSPS) is 10.5. The van der Waals surface area contributed by atoms with Gasteiger partial charge in [-0.15, -0.1) is 0 Å². The van der Waals surface area contributed by atoms with Crippen molar-refractivity contribution in [2.75, 3.05) is 18.2 Å². The summed E-state index contributed by atoms with van der Waals surface area (Å²) in [5.74, 6) is 0.707. The van der Waals surface area contributed by atoms with Crippen LogP contribution in [0.5, 0.6) is 5.75 Å². The Morgan fingerprint density at radius 3 is 2.54 bits per heavy atom. The minimum Gasteiger partial charge on any atom is -0.497 e. The number of thioether (sulfide) groups is 1. The van der Waals surface area contributed by atoms with E-state index in [0.29, 0.717) is 10.9 Å². The zero-order valence-corrected chi connectivity index (χ0v) is 16.7. The third-order valence-corrected chi connectivity index (χ3v) is 5.11. The summed E-state index contributed by atoms with van der Waals surface area (Å²) in [5, 5.41) is 3.26. The summed E-state index contributed by atoms with van der Waals surface area (Å²) in [7, 11) is 1.60. The number of amides is 1. The topological polar surface area (TPSA) is 84.1 Å². The first-order valence-electron chi connectivity index (χ1n) is 8.70. The van der Waals surface area contributed by atoms with Crippen LogP contribution in [0, 0.1) is 13.8 Å². The number of rotatable bonds is 6. The molecular formula is C21H21N3O3S. The number of hydrogen-bond donors (Lipinski definition) is 2. The second-order valence-electron chi connectivity index (χ2n) is 6.30. The third-order valence-electron chi connectivity index (χ3n) is 4.24. The molecule has 0 aliphatic heterocycles. The van der Waals surface area contributed by atoms with E-state index in [-0.39, 0.29) is 17.2 Å². The van der Waals surface area contributed by atoms with Gasteiger partial charge in [0.15, 0.2) is 5.16 Å². The van der Waals surface area contributed by atoms with Gasteiger partial charge < -0.3 is 15.0 Å². The number of nitrogens with one attached hydrogen (secondary N) is 2. The van der Waals surface area contributed by atoms with E-state index < -0.39 is 0 Å². The van der Waals surface area contributed by atoms with Gasteiger partial charge in [0, 0.05) is 17.3 Å². The molecule has 0 saturated heterocycles. The molecule has 0 fully saturated rings. The molecule has 3 rings (SSSR count). The zero-order chi connectivity index (χ0) is 20.1. The predicted octanol–water partition coefficient (Wildman–Crippen LogP) is 3.79. The Bertz CT molecular complexity index is 1050. The van der Waals surface area contributed by atoms with Gasteiger partial charge in [-0.3, -0.25) is 9.59 Å². The van der Waals surface area contributed by atoms with Crippen molar-refractivity contribution in [1.29, 1.82) is 0 Å². The predicted molar refractivity (Wildman–Crippen MR) is 112 cm³/mol. The van der Waals surface area contributed by atoms with Crippen molar-refractivity contribution in [3.63, 3.8) is 0 Å². The van der Waals surface area contributed by atoms with Gasteiger partial charge >= 0.3 is 0 Å². The Morgan fingerprint density at radius 1 is 1.11 bits per heavy atom. The first kappa shape index (κ1) is 19.7. The van der Waals surface area contributed by atoms with Crippen LogP contribution in [0.4, 0.5) is 5.69 Å². The molecule has 0 atom stereocenters. The summed E-state index contributed by atoms with van der Waals surface area (Å²) >= 11 is 1.18. The largest absolute Gasteiger partial charge is 0.497 e. The Morgan fingerprint density at radius 2 is 1.86 bits per heavy atom. The zero-order valence-electron chi connectivity index (χ0n) is 15.9. The van der Waals surface area contributed by atoms with Crippen LogP contribution in [-0.4, -0.2) is 28.7 Å². The lowest BCUT2D eigenvalue weighted by molar-refractivity contribution is -0.113. The SMILES string of the molecule is COc1ccc(-c2cc(=O)[nH]c(SCC(=O)Nc3ccc(C)c(C)c3)n2)cc1. The van der Waals surface area contributed by atoms with E-state index in [9.17, 15) is 9.59 Å². The monoisotopic (exact) mass is 395 g/mol. The summed E-state index contributed by atoms with van der Waals surface area (Å²) in [6.07, 6.45) is 0. The number of aromatic amines is 1. The van der Waals surface area contributed by atoms with E-state index in [2.05, 4.69) is 15.3 Å². The summed E-state index contributed by atoms with van der Waals surface area (Å²) in [5.41, 5.74) is 4.12. The molecule has 3 aromatic rings. The number of benzene rings is 2. The van der Waals surface area contributed by atoms with Crippen molar-refractivity contribution in [3.8, 4) is 17.0 Å². The number of methoxy groups -OCH3 is 1. The number of carbonyl (C=O) groups excluding carboxylic acids is 1. The molecular weight excluding hydrogens is 374 g/mol. The molecule has 0 radical (unpaired) electrons. The van der Waals surface area contributed by atoms with Crippen molar-refractivity contribution < 1.29 is 9.53 Å². The van der Waals surface area contributed by atoms with Gasteiger partial charge in [-0.1, -0.05) is 17.8 Å². The average molecular weight is 395 g/mol. The van der Waals surface area contributed by atoms with Gasteiger partial charge in [-0.25, -0.2) is 4.98 Å². The first-order valence-corrected chi connectivity index (χ1v) is 9.69. The van der Waals surface area contributed by atoms with Crippen LogP contribution in [0.1, 0.15) is 11.1 Å². The number of aromatic nitrogens is 2. The molecule has 0 aliphatic carbocycles. The molecule has 1 amide bonds. The van der Waals surface area contributed by atoms with E-state index in [1.807, 2.05) is 56.3 Å². The number of aryl methyl sites for hydroxylation is 2.